The van der Waals surface area contributed by atoms with Gasteiger partial charge in [0.05, 0.1) is 5.69 Å². The van der Waals surface area contributed by atoms with Crippen molar-refractivity contribution >= 4 is 35.6 Å². The van der Waals surface area contributed by atoms with Crippen LogP contribution in [-0.4, -0.2) is 35.0 Å². The number of rotatable bonds is 8. The van der Waals surface area contributed by atoms with Gasteiger partial charge < -0.3 is 15.0 Å². The van der Waals surface area contributed by atoms with E-state index in [4.69, 9.17) is 4.98 Å². The maximum atomic E-state index is 4.73. The molecule has 6 heteroatoms. The number of hydrogen-bond donors (Lipinski definition) is 2. The molecule has 0 spiro atoms. The second-order valence-corrected chi connectivity index (χ2v) is 6.68. The van der Waals surface area contributed by atoms with Gasteiger partial charge >= 0.3 is 0 Å². The first-order valence-corrected chi connectivity index (χ1v) is 9.75. The number of nitrogens with one attached hydrogen (secondary N) is 2. The number of nitrogens with zero attached hydrogens (tertiary/aromatic N) is 3. The standard InChI is InChI=1S/C22H29N5.HI/c1-3-23-22(24-14-7-12-19-10-5-4-6-11-19)25-15-13-20-17-27-16-8-9-18(2)21(27)26-20;/h4-6,8-11,16-17H,3,7,12-15H2,1-2H3,(H2,23,24,25);1H. The smallest absolute Gasteiger partial charge is 0.191 e. The Kier molecular flexibility index (Phi) is 9.27. The number of guanidine groups is 1. The van der Waals surface area contributed by atoms with E-state index < -0.39 is 0 Å². The molecule has 0 amide bonds. The molecule has 3 rings (SSSR count). The highest BCUT2D eigenvalue weighted by molar-refractivity contribution is 14.0. The Balaban J connectivity index is 0.00000280. The number of aliphatic imine (C=N–C) groups is 1. The van der Waals surface area contributed by atoms with Gasteiger partial charge in [-0.2, -0.15) is 0 Å². The summed E-state index contributed by atoms with van der Waals surface area (Å²) in [5.74, 6) is 0.880. The third-order valence-corrected chi connectivity index (χ3v) is 4.48. The molecule has 1 aromatic carbocycles. The molecule has 2 aromatic heterocycles. The van der Waals surface area contributed by atoms with Crippen molar-refractivity contribution < 1.29 is 0 Å². The molecule has 0 aliphatic rings. The lowest BCUT2D eigenvalue weighted by atomic mass is 10.1. The second kappa shape index (κ2) is 11.7. The molecule has 0 radical (unpaired) electrons. The molecule has 0 saturated carbocycles. The fourth-order valence-electron chi connectivity index (χ4n) is 3.09. The zero-order chi connectivity index (χ0) is 18.9. The van der Waals surface area contributed by atoms with Gasteiger partial charge in [0.25, 0.3) is 0 Å². The SMILES string of the molecule is CCNC(=NCCCc1ccccc1)NCCc1cn2cccc(C)c2n1.I. The van der Waals surface area contributed by atoms with Crippen molar-refractivity contribution in [3.63, 3.8) is 0 Å². The fraction of sp³-hybridized carbons (Fsp3) is 0.364. The zero-order valence-electron chi connectivity index (χ0n) is 16.7. The number of fused-ring (bicyclic) bond motifs is 1. The first-order valence-electron chi connectivity index (χ1n) is 9.75. The van der Waals surface area contributed by atoms with Crippen LogP contribution in [0.4, 0.5) is 0 Å². The second-order valence-electron chi connectivity index (χ2n) is 6.68. The van der Waals surface area contributed by atoms with E-state index in [-0.39, 0.29) is 24.0 Å². The molecule has 0 aliphatic heterocycles. The first-order chi connectivity index (χ1) is 13.3. The largest absolute Gasteiger partial charge is 0.357 e. The van der Waals surface area contributed by atoms with Crippen LogP contribution in [0, 0.1) is 6.92 Å². The van der Waals surface area contributed by atoms with E-state index in [1.54, 1.807) is 0 Å². The lowest BCUT2D eigenvalue weighted by Gasteiger charge is -2.10. The van der Waals surface area contributed by atoms with E-state index in [9.17, 15) is 0 Å². The average molecular weight is 491 g/mol. The van der Waals surface area contributed by atoms with Crippen LogP contribution in [0.5, 0.6) is 0 Å². The lowest BCUT2D eigenvalue weighted by molar-refractivity contribution is 0.772. The Morgan fingerprint density at radius 1 is 1.07 bits per heavy atom. The highest BCUT2D eigenvalue weighted by Crippen LogP contribution is 2.10. The predicted molar refractivity (Wildman–Crippen MR) is 128 cm³/mol. The number of imidazole rings is 1. The first kappa shape index (κ1) is 22.2. The Bertz CT molecular complexity index is 873. The normalized spacial score (nSPS) is 11.3. The zero-order valence-corrected chi connectivity index (χ0v) is 19.0. The van der Waals surface area contributed by atoms with E-state index in [1.807, 2.05) is 6.20 Å². The molecule has 28 heavy (non-hydrogen) atoms. The summed E-state index contributed by atoms with van der Waals surface area (Å²) in [5, 5.41) is 6.73. The summed E-state index contributed by atoms with van der Waals surface area (Å²) >= 11 is 0. The van der Waals surface area contributed by atoms with E-state index in [0.717, 1.165) is 56.2 Å². The van der Waals surface area contributed by atoms with Crippen molar-refractivity contribution in [3.05, 3.63) is 71.7 Å². The van der Waals surface area contributed by atoms with Gasteiger partial charge in [-0.25, -0.2) is 4.98 Å². The molecular formula is C22H30IN5. The molecule has 0 unspecified atom stereocenters. The molecule has 0 aliphatic carbocycles. The third kappa shape index (κ3) is 6.51. The van der Waals surface area contributed by atoms with Crippen LogP contribution in [0.15, 0.2) is 59.9 Å². The van der Waals surface area contributed by atoms with Gasteiger partial charge in [-0.05, 0) is 43.9 Å². The number of benzene rings is 1. The number of pyridine rings is 1. The topological polar surface area (TPSA) is 53.7 Å². The molecule has 2 N–H and O–H groups in total. The van der Waals surface area contributed by atoms with Gasteiger partial charge in [-0.15, -0.1) is 24.0 Å². The van der Waals surface area contributed by atoms with Crippen LogP contribution in [-0.2, 0) is 12.8 Å². The Hall–Kier alpha value is -2.09. The highest BCUT2D eigenvalue weighted by atomic mass is 127. The summed E-state index contributed by atoms with van der Waals surface area (Å²) in [7, 11) is 0. The van der Waals surface area contributed by atoms with Crippen LogP contribution in [0.25, 0.3) is 5.65 Å². The van der Waals surface area contributed by atoms with Crippen molar-refractivity contribution in [2.75, 3.05) is 19.6 Å². The average Bonchev–Trinajstić information content (AvgIpc) is 3.10. The van der Waals surface area contributed by atoms with Crippen LogP contribution in [0.2, 0.25) is 0 Å². The molecule has 0 saturated heterocycles. The Morgan fingerprint density at radius 2 is 1.89 bits per heavy atom. The highest BCUT2D eigenvalue weighted by Gasteiger charge is 2.04. The van der Waals surface area contributed by atoms with Crippen molar-refractivity contribution in [3.8, 4) is 0 Å². The molecule has 150 valence electrons. The van der Waals surface area contributed by atoms with Gasteiger partial charge in [0, 0.05) is 38.4 Å². The number of hydrogen-bond acceptors (Lipinski definition) is 2. The molecule has 0 atom stereocenters. The fourth-order valence-corrected chi connectivity index (χ4v) is 3.09. The molecule has 2 heterocycles. The van der Waals surface area contributed by atoms with E-state index >= 15 is 0 Å². The minimum Gasteiger partial charge on any atom is -0.357 e. The van der Waals surface area contributed by atoms with Crippen LogP contribution in [0.3, 0.4) is 0 Å². The van der Waals surface area contributed by atoms with Crippen molar-refractivity contribution in [2.45, 2.75) is 33.1 Å². The van der Waals surface area contributed by atoms with Gasteiger partial charge in [-0.3, -0.25) is 4.99 Å². The maximum Gasteiger partial charge on any atom is 0.191 e. The predicted octanol–water partition coefficient (Wildman–Crippen LogP) is 3.99. The maximum absolute atomic E-state index is 4.73. The monoisotopic (exact) mass is 491 g/mol. The van der Waals surface area contributed by atoms with Crippen molar-refractivity contribution in [1.29, 1.82) is 0 Å². The van der Waals surface area contributed by atoms with Gasteiger partial charge in [0.2, 0.25) is 0 Å². The van der Waals surface area contributed by atoms with E-state index in [1.165, 1.54) is 11.1 Å². The van der Waals surface area contributed by atoms with Gasteiger partial charge in [0.1, 0.15) is 5.65 Å². The molecule has 0 bridgehead atoms. The molecule has 3 aromatic rings. The lowest BCUT2D eigenvalue weighted by Crippen LogP contribution is -2.38. The molecule has 5 nitrogen and oxygen atoms in total. The van der Waals surface area contributed by atoms with Crippen molar-refractivity contribution in [2.24, 2.45) is 4.99 Å². The summed E-state index contributed by atoms with van der Waals surface area (Å²) in [5.41, 5.74) is 4.70. The summed E-state index contributed by atoms with van der Waals surface area (Å²) in [6.07, 6.45) is 7.13. The van der Waals surface area contributed by atoms with Crippen LogP contribution < -0.4 is 10.6 Å². The Morgan fingerprint density at radius 3 is 2.64 bits per heavy atom. The minimum absolute atomic E-state index is 0. The Labute approximate surface area is 184 Å². The molecule has 0 fully saturated rings. The van der Waals surface area contributed by atoms with E-state index in [2.05, 4.69) is 82.5 Å². The molecular weight excluding hydrogens is 461 g/mol. The number of aromatic nitrogens is 2. The third-order valence-electron chi connectivity index (χ3n) is 4.48. The number of halogens is 1. The van der Waals surface area contributed by atoms with Crippen molar-refractivity contribution in [1.82, 2.24) is 20.0 Å². The number of aryl methyl sites for hydroxylation is 2. The van der Waals surface area contributed by atoms with Crippen LogP contribution >= 0.6 is 24.0 Å². The minimum atomic E-state index is 0. The summed E-state index contributed by atoms with van der Waals surface area (Å²) < 4.78 is 2.09. The van der Waals surface area contributed by atoms with Gasteiger partial charge in [0.15, 0.2) is 5.96 Å². The summed E-state index contributed by atoms with van der Waals surface area (Å²) in [4.78, 5) is 9.41. The van der Waals surface area contributed by atoms with Gasteiger partial charge in [-0.1, -0.05) is 36.4 Å². The summed E-state index contributed by atoms with van der Waals surface area (Å²) in [6, 6.07) is 14.7. The van der Waals surface area contributed by atoms with Crippen LogP contribution in [0.1, 0.15) is 30.2 Å². The summed E-state index contributed by atoms with van der Waals surface area (Å²) in [6.45, 7) is 6.67. The quantitative estimate of drug-likeness (QED) is 0.217. The van der Waals surface area contributed by atoms with E-state index in [0.29, 0.717) is 0 Å².